The molecular formula is C16H20N4O3. The average molecular weight is 316 g/mol. The van der Waals surface area contributed by atoms with Crippen molar-refractivity contribution in [2.75, 3.05) is 6.54 Å². The van der Waals surface area contributed by atoms with Gasteiger partial charge in [0.2, 0.25) is 5.91 Å². The van der Waals surface area contributed by atoms with Crippen LogP contribution in [0.4, 0.5) is 0 Å². The molecule has 1 aromatic carbocycles. The highest BCUT2D eigenvalue weighted by Gasteiger charge is 2.48. The van der Waals surface area contributed by atoms with E-state index in [1.165, 1.54) is 4.90 Å². The number of benzene rings is 1. The van der Waals surface area contributed by atoms with Crippen molar-refractivity contribution in [3.05, 3.63) is 29.6 Å². The Hall–Kier alpha value is -2.41. The lowest BCUT2D eigenvalue weighted by molar-refractivity contribution is -0.143. The number of nitrogens with one attached hydrogen (secondary N) is 2. The van der Waals surface area contributed by atoms with Gasteiger partial charge in [0.1, 0.15) is 17.3 Å². The largest absolute Gasteiger partial charge is 0.341 e. The van der Waals surface area contributed by atoms with Gasteiger partial charge in [-0.15, -0.1) is 0 Å². The average Bonchev–Trinajstić information content (AvgIpc) is 3.08. The Morgan fingerprint density at radius 2 is 2.26 bits per heavy atom. The second kappa shape index (κ2) is 5.34. The molecule has 0 radical (unpaired) electrons. The maximum Gasteiger partial charge on any atom is 0.265 e. The number of nitrogens with zero attached hydrogens (tertiary/aromatic N) is 2. The van der Waals surface area contributed by atoms with Crippen LogP contribution < -0.4 is 5.48 Å². The number of hydrogen-bond acceptors (Lipinski definition) is 4. The van der Waals surface area contributed by atoms with Crippen molar-refractivity contribution in [2.45, 2.75) is 38.6 Å². The van der Waals surface area contributed by atoms with Crippen molar-refractivity contribution in [1.82, 2.24) is 20.3 Å². The van der Waals surface area contributed by atoms with Crippen LogP contribution in [0.2, 0.25) is 0 Å². The highest BCUT2D eigenvalue weighted by molar-refractivity contribution is 5.94. The fourth-order valence-electron chi connectivity index (χ4n) is 3.08. The summed E-state index contributed by atoms with van der Waals surface area (Å²) in [4.78, 5) is 33.7. The Morgan fingerprint density at radius 1 is 1.52 bits per heavy atom. The van der Waals surface area contributed by atoms with E-state index in [1.54, 1.807) is 12.4 Å². The van der Waals surface area contributed by atoms with Crippen LogP contribution in [0.5, 0.6) is 0 Å². The summed E-state index contributed by atoms with van der Waals surface area (Å²) in [7, 11) is 0. The van der Waals surface area contributed by atoms with Gasteiger partial charge < -0.3 is 9.88 Å². The van der Waals surface area contributed by atoms with Crippen LogP contribution in [0.1, 0.15) is 31.7 Å². The standard InChI is InChI=1S/C16H20N4O3/c1-9-4-5-11-12(8-9)18-14(17-11)16(3)6-7-20(15(16)22)10(2)13(21)19-23/h4-5,8,10,23H,6-7H2,1-3H3,(H,17,18)(H,19,21)/t10-,16?/m1/s1. The minimum absolute atomic E-state index is 0.163. The molecule has 2 heterocycles. The van der Waals surface area contributed by atoms with E-state index < -0.39 is 17.4 Å². The Bertz CT molecular complexity index is 785. The Balaban J connectivity index is 1.95. The molecule has 1 saturated heterocycles. The molecular weight excluding hydrogens is 296 g/mol. The number of fused-ring (bicyclic) bond motifs is 1. The zero-order valence-corrected chi connectivity index (χ0v) is 13.4. The quantitative estimate of drug-likeness (QED) is 0.586. The predicted molar refractivity (Wildman–Crippen MR) is 83.9 cm³/mol. The van der Waals surface area contributed by atoms with E-state index in [4.69, 9.17) is 5.21 Å². The molecule has 3 rings (SSSR count). The summed E-state index contributed by atoms with van der Waals surface area (Å²) in [5.74, 6) is -0.144. The van der Waals surface area contributed by atoms with Crippen LogP contribution in [-0.2, 0) is 15.0 Å². The van der Waals surface area contributed by atoms with Crippen LogP contribution in [0.25, 0.3) is 11.0 Å². The topological polar surface area (TPSA) is 98.3 Å². The van der Waals surface area contributed by atoms with Gasteiger partial charge in [0.25, 0.3) is 5.91 Å². The Kier molecular flexibility index (Phi) is 3.60. The summed E-state index contributed by atoms with van der Waals surface area (Å²) < 4.78 is 0. The lowest BCUT2D eigenvalue weighted by Crippen LogP contribution is -2.47. The fourth-order valence-corrected chi connectivity index (χ4v) is 3.08. The maximum absolute atomic E-state index is 12.8. The van der Waals surface area contributed by atoms with Gasteiger partial charge >= 0.3 is 0 Å². The van der Waals surface area contributed by atoms with Gasteiger partial charge in [0.15, 0.2) is 0 Å². The van der Waals surface area contributed by atoms with E-state index in [2.05, 4.69) is 9.97 Å². The first-order valence-corrected chi connectivity index (χ1v) is 7.58. The van der Waals surface area contributed by atoms with E-state index in [0.717, 1.165) is 16.6 Å². The van der Waals surface area contributed by atoms with Crippen LogP contribution in [0, 0.1) is 6.92 Å². The molecule has 7 nitrogen and oxygen atoms in total. The number of aryl methyl sites for hydroxylation is 1. The summed E-state index contributed by atoms with van der Waals surface area (Å²) in [5.41, 5.74) is 3.64. The van der Waals surface area contributed by atoms with Crippen molar-refractivity contribution < 1.29 is 14.8 Å². The molecule has 2 aromatic rings. The number of H-pyrrole nitrogens is 1. The highest BCUT2D eigenvalue weighted by atomic mass is 16.5. The Morgan fingerprint density at radius 3 is 2.96 bits per heavy atom. The molecule has 2 atom stereocenters. The van der Waals surface area contributed by atoms with Gasteiger partial charge in [0.05, 0.1) is 11.0 Å². The number of rotatable bonds is 3. The molecule has 1 aliphatic heterocycles. The third-order valence-corrected chi connectivity index (χ3v) is 4.70. The van der Waals surface area contributed by atoms with Gasteiger partial charge in [-0.2, -0.15) is 0 Å². The second-order valence-corrected chi connectivity index (χ2v) is 6.34. The molecule has 1 aliphatic rings. The maximum atomic E-state index is 12.8. The SMILES string of the molecule is Cc1ccc2nc(C3(C)CCN([C@H](C)C(=O)NO)C3=O)[nH]c2c1. The number of aromatic nitrogens is 2. The molecule has 1 aromatic heterocycles. The molecule has 1 unspecified atom stereocenters. The second-order valence-electron chi connectivity index (χ2n) is 6.34. The summed E-state index contributed by atoms with van der Waals surface area (Å²) in [6, 6.07) is 5.17. The number of imidazole rings is 1. The lowest BCUT2D eigenvalue weighted by atomic mass is 9.88. The van der Waals surface area contributed by atoms with Crippen molar-refractivity contribution in [3.8, 4) is 0 Å². The zero-order chi connectivity index (χ0) is 16.8. The molecule has 23 heavy (non-hydrogen) atoms. The molecule has 122 valence electrons. The first-order valence-electron chi connectivity index (χ1n) is 7.58. The molecule has 1 fully saturated rings. The van der Waals surface area contributed by atoms with Crippen molar-refractivity contribution in [3.63, 3.8) is 0 Å². The van der Waals surface area contributed by atoms with E-state index in [1.807, 2.05) is 32.0 Å². The lowest BCUT2D eigenvalue weighted by Gasteiger charge is -2.25. The summed E-state index contributed by atoms with van der Waals surface area (Å²) >= 11 is 0. The van der Waals surface area contributed by atoms with Crippen LogP contribution in [0.3, 0.4) is 0 Å². The van der Waals surface area contributed by atoms with Crippen LogP contribution in [-0.4, -0.2) is 44.5 Å². The number of hydroxylamine groups is 1. The van der Waals surface area contributed by atoms with Crippen molar-refractivity contribution >= 4 is 22.8 Å². The summed E-state index contributed by atoms with van der Waals surface area (Å²) in [6.07, 6.45) is 0.563. The van der Waals surface area contributed by atoms with Gasteiger partial charge in [-0.05, 0) is 44.9 Å². The number of amides is 2. The van der Waals surface area contributed by atoms with Gasteiger partial charge in [-0.25, -0.2) is 10.5 Å². The van der Waals surface area contributed by atoms with Crippen molar-refractivity contribution in [1.29, 1.82) is 0 Å². The first kappa shape index (κ1) is 15.5. The van der Waals surface area contributed by atoms with E-state index in [-0.39, 0.29) is 5.91 Å². The molecule has 0 bridgehead atoms. The number of carbonyl (C=O) groups is 2. The smallest absolute Gasteiger partial charge is 0.265 e. The van der Waals surface area contributed by atoms with E-state index >= 15 is 0 Å². The number of hydrogen-bond donors (Lipinski definition) is 3. The van der Waals surface area contributed by atoms with Gasteiger partial charge in [-0.3, -0.25) is 14.8 Å². The molecule has 3 N–H and O–H groups in total. The number of aromatic amines is 1. The normalized spacial score (nSPS) is 22.6. The van der Waals surface area contributed by atoms with E-state index in [9.17, 15) is 9.59 Å². The minimum Gasteiger partial charge on any atom is -0.341 e. The van der Waals surface area contributed by atoms with E-state index in [0.29, 0.717) is 18.8 Å². The van der Waals surface area contributed by atoms with Gasteiger partial charge in [-0.1, -0.05) is 6.07 Å². The van der Waals surface area contributed by atoms with Crippen molar-refractivity contribution in [2.24, 2.45) is 0 Å². The highest BCUT2D eigenvalue weighted by Crippen LogP contribution is 2.35. The third kappa shape index (κ3) is 2.37. The molecule has 0 aliphatic carbocycles. The third-order valence-electron chi connectivity index (χ3n) is 4.70. The fraction of sp³-hybridized carbons (Fsp3) is 0.438. The number of carbonyl (C=O) groups excluding carboxylic acids is 2. The predicted octanol–water partition coefficient (Wildman–Crippen LogP) is 1.26. The van der Waals surface area contributed by atoms with Gasteiger partial charge in [0, 0.05) is 6.54 Å². The molecule has 0 spiro atoms. The minimum atomic E-state index is -0.795. The first-order chi connectivity index (χ1) is 10.9. The molecule has 0 saturated carbocycles. The Labute approximate surface area is 133 Å². The zero-order valence-electron chi connectivity index (χ0n) is 13.4. The van der Waals surface area contributed by atoms with Crippen LogP contribution in [0.15, 0.2) is 18.2 Å². The van der Waals surface area contributed by atoms with Crippen LogP contribution >= 0.6 is 0 Å². The number of likely N-dealkylation sites (tertiary alicyclic amines) is 1. The summed E-state index contributed by atoms with van der Waals surface area (Å²) in [5, 5.41) is 8.76. The monoisotopic (exact) mass is 316 g/mol. The molecule has 7 heteroatoms. The molecule has 2 amide bonds. The summed E-state index contributed by atoms with van der Waals surface area (Å²) in [6.45, 7) is 5.87.